The van der Waals surface area contributed by atoms with E-state index in [0.29, 0.717) is 5.70 Å². The molecule has 3 aromatic heterocycles. The highest BCUT2D eigenvalue weighted by Gasteiger charge is 2.19. The summed E-state index contributed by atoms with van der Waals surface area (Å²) in [5.74, 6) is 0. The SMILES string of the molecule is CC(N=C(/C=C(\N)c1cccc(-n2c3ccccc3c3c(-c4ccc5c(c4)c4ccccc4n5-c4ccc5oc6ccccc6c5c4)cccc32)c1)c1ccccc1)c1ccccc1. The molecule has 0 aliphatic rings. The van der Waals surface area contributed by atoms with Crippen molar-refractivity contribution in [3.05, 3.63) is 235 Å². The molecule has 1 atom stereocenters. The summed E-state index contributed by atoms with van der Waals surface area (Å²) in [5.41, 5.74) is 22.5. The molecule has 64 heavy (non-hydrogen) atoms. The highest BCUT2D eigenvalue weighted by Crippen LogP contribution is 2.42. The molecular weight excluding hydrogens is 781 g/mol. The van der Waals surface area contributed by atoms with Gasteiger partial charge in [0, 0.05) is 49.4 Å². The number of hydrogen-bond donors (Lipinski definition) is 1. The zero-order valence-electron chi connectivity index (χ0n) is 35.2. The van der Waals surface area contributed by atoms with Crippen LogP contribution in [0, 0.1) is 0 Å². The van der Waals surface area contributed by atoms with E-state index in [2.05, 4.69) is 192 Å². The van der Waals surface area contributed by atoms with Gasteiger partial charge in [0.15, 0.2) is 0 Å². The van der Waals surface area contributed by atoms with Crippen LogP contribution >= 0.6 is 0 Å². The molecule has 0 aliphatic carbocycles. The van der Waals surface area contributed by atoms with E-state index in [-0.39, 0.29) is 6.04 Å². The first-order valence-corrected chi connectivity index (χ1v) is 21.8. The zero-order valence-corrected chi connectivity index (χ0v) is 35.2. The van der Waals surface area contributed by atoms with Crippen LogP contribution in [0.2, 0.25) is 0 Å². The van der Waals surface area contributed by atoms with Crippen molar-refractivity contribution in [2.45, 2.75) is 13.0 Å². The van der Waals surface area contributed by atoms with Gasteiger partial charge in [0.05, 0.1) is 33.8 Å². The summed E-state index contributed by atoms with van der Waals surface area (Å²) in [4.78, 5) is 5.20. The Bertz CT molecular complexity index is 3810. The molecule has 9 aromatic carbocycles. The van der Waals surface area contributed by atoms with Gasteiger partial charge in [-0.2, -0.15) is 0 Å². The maximum Gasteiger partial charge on any atom is 0.135 e. The van der Waals surface area contributed by atoms with Gasteiger partial charge in [0.2, 0.25) is 0 Å². The number of nitrogens with two attached hydrogens (primary N) is 1. The van der Waals surface area contributed by atoms with Crippen molar-refractivity contribution >= 4 is 77.0 Å². The van der Waals surface area contributed by atoms with Gasteiger partial charge in [-0.15, -0.1) is 0 Å². The van der Waals surface area contributed by atoms with Crippen LogP contribution in [-0.4, -0.2) is 14.8 Å². The first-order chi connectivity index (χ1) is 31.6. The Kier molecular flexibility index (Phi) is 8.87. The molecule has 5 nitrogen and oxygen atoms in total. The molecule has 0 saturated heterocycles. The highest BCUT2D eigenvalue weighted by molar-refractivity contribution is 6.18. The number of aliphatic imine (C=N–C) groups is 1. The monoisotopic (exact) mass is 822 g/mol. The van der Waals surface area contributed by atoms with E-state index in [1.807, 2.05) is 42.5 Å². The van der Waals surface area contributed by atoms with Crippen LogP contribution in [0.1, 0.15) is 29.7 Å². The first kappa shape index (κ1) is 37.4. The second kappa shape index (κ2) is 15.2. The van der Waals surface area contributed by atoms with Crippen molar-refractivity contribution in [3.63, 3.8) is 0 Å². The summed E-state index contributed by atoms with van der Waals surface area (Å²) in [6.45, 7) is 2.13. The van der Waals surface area contributed by atoms with Gasteiger partial charge in [-0.25, -0.2) is 0 Å². The molecule has 0 fully saturated rings. The molecule has 12 rings (SSSR count). The third kappa shape index (κ3) is 6.20. The Morgan fingerprint density at radius 1 is 0.484 bits per heavy atom. The average molecular weight is 823 g/mol. The molecule has 0 bridgehead atoms. The molecule has 3 heterocycles. The van der Waals surface area contributed by atoms with Crippen molar-refractivity contribution in [1.29, 1.82) is 0 Å². The predicted octanol–water partition coefficient (Wildman–Crippen LogP) is 15.0. The number of nitrogens with zero attached hydrogens (tertiary/aromatic N) is 3. The number of fused-ring (bicyclic) bond motifs is 9. The number of para-hydroxylation sites is 3. The van der Waals surface area contributed by atoms with Crippen molar-refractivity contribution in [1.82, 2.24) is 9.13 Å². The van der Waals surface area contributed by atoms with E-state index < -0.39 is 0 Å². The maximum absolute atomic E-state index is 7.03. The number of aromatic nitrogens is 2. The zero-order chi connectivity index (χ0) is 42.7. The number of rotatable bonds is 8. The minimum atomic E-state index is -0.0448. The van der Waals surface area contributed by atoms with E-state index in [1.165, 1.54) is 32.7 Å². The molecule has 0 amide bonds. The molecule has 0 aliphatic heterocycles. The van der Waals surface area contributed by atoms with Crippen molar-refractivity contribution < 1.29 is 4.42 Å². The van der Waals surface area contributed by atoms with Gasteiger partial charge < -0.3 is 19.3 Å². The van der Waals surface area contributed by atoms with Crippen LogP contribution in [0.3, 0.4) is 0 Å². The summed E-state index contributed by atoms with van der Waals surface area (Å²) >= 11 is 0. The maximum atomic E-state index is 7.03. The van der Waals surface area contributed by atoms with Crippen LogP contribution in [-0.2, 0) is 0 Å². The topological polar surface area (TPSA) is 61.4 Å². The lowest BCUT2D eigenvalue weighted by atomic mass is 9.98. The van der Waals surface area contributed by atoms with E-state index in [1.54, 1.807) is 0 Å². The Morgan fingerprint density at radius 2 is 1.09 bits per heavy atom. The molecule has 304 valence electrons. The van der Waals surface area contributed by atoms with Crippen LogP contribution < -0.4 is 5.73 Å². The largest absolute Gasteiger partial charge is 0.456 e. The Hall–Kier alpha value is -8.41. The second-order valence-electron chi connectivity index (χ2n) is 16.5. The molecule has 0 saturated carbocycles. The Balaban J connectivity index is 0.979. The highest BCUT2D eigenvalue weighted by atomic mass is 16.3. The minimum Gasteiger partial charge on any atom is -0.456 e. The Morgan fingerprint density at radius 3 is 1.92 bits per heavy atom. The third-order valence-corrected chi connectivity index (χ3v) is 12.7. The van der Waals surface area contributed by atoms with E-state index in [9.17, 15) is 0 Å². The fourth-order valence-corrected chi connectivity index (χ4v) is 9.68. The van der Waals surface area contributed by atoms with Gasteiger partial charge >= 0.3 is 0 Å². The fraction of sp³-hybridized carbons (Fsp3) is 0.0339. The van der Waals surface area contributed by atoms with Gasteiger partial charge in [-0.3, -0.25) is 4.99 Å². The quantitative estimate of drug-likeness (QED) is 0.155. The smallest absolute Gasteiger partial charge is 0.135 e. The molecule has 0 radical (unpaired) electrons. The van der Waals surface area contributed by atoms with Gasteiger partial charge in [0.25, 0.3) is 0 Å². The lowest BCUT2D eigenvalue weighted by molar-refractivity contribution is 0.669. The summed E-state index contributed by atoms with van der Waals surface area (Å²) in [6.07, 6.45) is 2.02. The Labute approximate surface area is 370 Å². The summed E-state index contributed by atoms with van der Waals surface area (Å²) in [5, 5.41) is 7.06. The third-order valence-electron chi connectivity index (χ3n) is 12.7. The first-order valence-electron chi connectivity index (χ1n) is 21.8. The summed E-state index contributed by atoms with van der Waals surface area (Å²) in [7, 11) is 0. The number of hydrogen-bond acceptors (Lipinski definition) is 3. The fourth-order valence-electron chi connectivity index (χ4n) is 9.68. The summed E-state index contributed by atoms with van der Waals surface area (Å²) in [6, 6.07) is 75.0. The molecule has 0 spiro atoms. The number of furan rings is 1. The molecular formula is C59H42N4O. The van der Waals surface area contributed by atoms with Gasteiger partial charge in [-0.05, 0) is 108 Å². The van der Waals surface area contributed by atoms with Crippen LogP contribution in [0.15, 0.2) is 228 Å². The van der Waals surface area contributed by atoms with Crippen LogP contribution in [0.4, 0.5) is 0 Å². The molecule has 5 heteroatoms. The molecule has 2 N–H and O–H groups in total. The average Bonchev–Trinajstić information content (AvgIpc) is 4.01. The van der Waals surface area contributed by atoms with Crippen molar-refractivity contribution in [2.24, 2.45) is 10.7 Å². The second-order valence-corrected chi connectivity index (χ2v) is 16.5. The normalized spacial score (nSPS) is 13.0. The lowest BCUT2D eigenvalue weighted by Gasteiger charge is -2.13. The van der Waals surface area contributed by atoms with Crippen molar-refractivity contribution in [2.75, 3.05) is 0 Å². The number of allylic oxidation sites excluding steroid dienone is 1. The summed E-state index contributed by atoms with van der Waals surface area (Å²) < 4.78 is 11.0. The van der Waals surface area contributed by atoms with E-state index in [0.717, 1.165) is 77.8 Å². The minimum absolute atomic E-state index is 0.0448. The number of benzene rings is 9. The van der Waals surface area contributed by atoms with Gasteiger partial charge in [0.1, 0.15) is 11.2 Å². The van der Waals surface area contributed by atoms with Gasteiger partial charge in [-0.1, -0.05) is 146 Å². The van der Waals surface area contributed by atoms with Crippen LogP contribution in [0.5, 0.6) is 0 Å². The van der Waals surface area contributed by atoms with Crippen molar-refractivity contribution in [3.8, 4) is 22.5 Å². The standard InChI is InChI=1S/C59H42N4O/c1-38(39-16-4-2-5-17-39)61-52(40-18-6-3-7-19-40)37-51(60)42-20-14-21-43(34-42)63-54-27-12-9-24-48(54)59-45(25-15-28-56(59)63)41-30-32-55-49(35-41)46-22-8-11-26-53(46)62(55)44-31-33-58-50(36-44)47-23-10-13-29-57(47)64-58/h2-38H,60H2,1H3/b51-37-,61-52?. The lowest BCUT2D eigenvalue weighted by Crippen LogP contribution is -2.06. The molecule has 1 unspecified atom stereocenters. The van der Waals surface area contributed by atoms with E-state index in [4.69, 9.17) is 15.1 Å². The predicted molar refractivity (Wildman–Crippen MR) is 268 cm³/mol. The van der Waals surface area contributed by atoms with E-state index >= 15 is 0 Å². The molecule has 12 aromatic rings. The van der Waals surface area contributed by atoms with Crippen LogP contribution in [0.25, 0.3) is 93.7 Å².